The van der Waals surface area contributed by atoms with Crippen molar-refractivity contribution in [2.45, 2.75) is 25.9 Å². The van der Waals surface area contributed by atoms with Gasteiger partial charge in [0, 0.05) is 19.6 Å². The number of amides is 2. The Balaban J connectivity index is 2.03. The van der Waals surface area contributed by atoms with Crippen LogP contribution in [0.4, 0.5) is 8.78 Å². The summed E-state index contributed by atoms with van der Waals surface area (Å²) in [6.07, 6.45) is 2.06. The second kappa shape index (κ2) is 9.31. The molecule has 0 bridgehead atoms. The van der Waals surface area contributed by atoms with E-state index < -0.39 is 12.5 Å². The van der Waals surface area contributed by atoms with Gasteiger partial charge in [-0.2, -0.15) is 8.78 Å². The Hall–Kier alpha value is -2.22. The number of rotatable bonds is 7. The minimum Gasteiger partial charge on any atom is -0.434 e. The van der Waals surface area contributed by atoms with Gasteiger partial charge in [-0.3, -0.25) is 9.59 Å². The van der Waals surface area contributed by atoms with Crippen LogP contribution in [0.5, 0.6) is 5.75 Å². The van der Waals surface area contributed by atoms with Gasteiger partial charge in [-0.1, -0.05) is 12.1 Å². The van der Waals surface area contributed by atoms with Crippen LogP contribution in [0.2, 0.25) is 0 Å². The van der Waals surface area contributed by atoms with E-state index in [9.17, 15) is 18.4 Å². The van der Waals surface area contributed by atoms with Crippen molar-refractivity contribution in [1.82, 2.24) is 10.2 Å². The molecule has 1 aliphatic heterocycles. The Bertz CT molecular complexity index is 598. The van der Waals surface area contributed by atoms with E-state index in [0.29, 0.717) is 38.9 Å². The molecule has 8 heteroatoms. The number of nitrogens with zero attached hydrogens (tertiary/aromatic N) is 1. The minimum absolute atomic E-state index is 0.0759. The van der Waals surface area contributed by atoms with Crippen LogP contribution in [0.1, 0.15) is 29.6 Å². The molecule has 1 unspecified atom stereocenters. The van der Waals surface area contributed by atoms with Crippen molar-refractivity contribution < 1.29 is 23.1 Å². The van der Waals surface area contributed by atoms with E-state index in [-0.39, 0.29) is 29.7 Å². The number of benzene rings is 1. The third-order valence-corrected chi connectivity index (χ3v) is 4.09. The molecule has 6 nitrogen and oxygen atoms in total. The molecule has 2 amide bonds. The zero-order valence-corrected chi connectivity index (χ0v) is 13.9. The van der Waals surface area contributed by atoms with E-state index in [4.69, 9.17) is 5.73 Å². The van der Waals surface area contributed by atoms with Crippen LogP contribution in [0, 0.1) is 5.92 Å². The molecule has 1 saturated heterocycles. The van der Waals surface area contributed by atoms with Crippen molar-refractivity contribution in [3.8, 4) is 5.75 Å². The topological polar surface area (TPSA) is 84.7 Å². The van der Waals surface area contributed by atoms with E-state index in [1.54, 1.807) is 6.07 Å². The second-order valence-electron chi connectivity index (χ2n) is 5.90. The molecule has 1 aromatic rings. The van der Waals surface area contributed by atoms with Crippen molar-refractivity contribution in [3.05, 3.63) is 29.8 Å². The number of nitrogens with two attached hydrogens (primary N) is 1. The van der Waals surface area contributed by atoms with Crippen molar-refractivity contribution >= 4 is 11.8 Å². The van der Waals surface area contributed by atoms with E-state index in [2.05, 4.69) is 10.1 Å². The lowest BCUT2D eigenvalue weighted by Gasteiger charge is -2.32. The molecule has 0 aromatic heterocycles. The summed E-state index contributed by atoms with van der Waals surface area (Å²) in [5.41, 5.74) is 5.47. The van der Waals surface area contributed by atoms with Crippen LogP contribution in [-0.2, 0) is 4.79 Å². The van der Waals surface area contributed by atoms with Crippen molar-refractivity contribution in [1.29, 1.82) is 0 Å². The van der Waals surface area contributed by atoms with E-state index in [0.717, 1.165) is 0 Å². The number of halogens is 2. The van der Waals surface area contributed by atoms with Gasteiger partial charge < -0.3 is 20.7 Å². The van der Waals surface area contributed by atoms with Crippen LogP contribution in [-0.4, -0.2) is 49.5 Å². The maximum absolute atomic E-state index is 12.7. The Morgan fingerprint density at radius 1 is 1.36 bits per heavy atom. The number of carbonyl (C=O) groups is 2. The van der Waals surface area contributed by atoms with Gasteiger partial charge in [-0.05, 0) is 37.9 Å². The third-order valence-electron chi connectivity index (χ3n) is 4.09. The summed E-state index contributed by atoms with van der Waals surface area (Å²) in [5, 5.41) is 2.81. The molecule has 0 spiro atoms. The minimum atomic E-state index is -3.00. The molecule has 1 heterocycles. The molecule has 0 radical (unpaired) electrons. The quantitative estimate of drug-likeness (QED) is 0.728. The molecule has 1 aliphatic rings. The third kappa shape index (κ3) is 5.38. The molecule has 138 valence electrons. The lowest BCUT2D eigenvalue weighted by Crippen LogP contribution is -2.45. The fourth-order valence-corrected chi connectivity index (χ4v) is 2.85. The summed E-state index contributed by atoms with van der Waals surface area (Å²) in [4.78, 5) is 26.4. The van der Waals surface area contributed by atoms with E-state index in [1.807, 2.05) is 0 Å². The van der Waals surface area contributed by atoms with Gasteiger partial charge in [0.1, 0.15) is 5.75 Å². The fraction of sp³-hybridized carbons (Fsp3) is 0.529. The number of ether oxygens (including phenoxy) is 1. The number of para-hydroxylation sites is 1. The van der Waals surface area contributed by atoms with E-state index >= 15 is 0 Å². The highest BCUT2D eigenvalue weighted by atomic mass is 19.3. The zero-order chi connectivity index (χ0) is 18.2. The number of carbonyl (C=O) groups excluding carboxylic acids is 2. The first kappa shape index (κ1) is 19.1. The molecule has 1 fully saturated rings. The second-order valence-corrected chi connectivity index (χ2v) is 5.90. The number of nitrogens with one attached hydrogen (secondary N) is 1. The van der Waals surface area contributed by atoms with Crippen molar-refractivity contribution in [2.75, 3.05) is 26.2 Å². The molecule has 2 rings (SSSR count). The summed E-state index contributed by atoms with van der Waals surface area (Å²) in [6.45, 7) is -1.26. The van der Waals surface area contributed by atoms with E-state index in [1.165, 1.54) is 23.1 Å². The van der Waals surface area contributed by atoms with Gasteiger partial charge >= 0.3 is 6.61 Å². The van der Waals surface area contributed by atoms with Crippen LogP contribution in [0.3, 0.4) is 0 Å². The van der Waals surface area contributed by atoms with Crippen LogP contribution < -0.4 is 15.8 Å². The fourth-order valence-electron chi connectivity index (χ4n) is 2.85. The maximum atomic E-state index is 12.7. The van der Waals surface area contributed by atoms with Crippen molar-refractivity contribution in [2.24, 2.45) is 11.7 Å². The number of alkyl halides is 2. The van der Waals surface area contributed by atoms with Gasteiger partial charge in [0.15, 0.2) is 0 Å². The lowest BCUT2D eigenvalue weighted by atomic mass is 9.96. The highest BCUT2D eigenvalue weighted by Crippen LogP contribution is 2.25. The molecule has 0 aliphatic carbocycles. The number of hydrogen-bond donors (Lipinski definition) is 2. The summed E-state index contributed by atoms with van der Waals surface area (Å²) >= 11 is 0. The summed E-state index contributed by atoms with van der Waals surface area (Å²) in [6, 6.07) is 5.90. The smallest absolute Gasteiger partial charge is 0.387 e. The zero-order valence-electron chi connectivity index (χ0n) is 13.9. The van der Waals surface area contributed by atoms with Gasteiger partial charge in [0.05, 0.1) is 11.5 Å². The lowest BCUT2D eigenvalue weighted by molar-refractivity contribution is -0.126. The van der Waals surface area contributed by atoms with Gasteiger partial charge in [-0.25, -0.2) is 0 Å². The standard InChI is InChI=1S/C17H23F2N3O3/c18-17(19)25-14-7-2-1-6-13(14)16(24)22-10-3-5-12(11-22)15(23)21-9-4-8-20/h1-2,6-7,12,17H,3-5,8-11,20H2,(H,21,23). The molecule has 1 atom stereocenters. The first-order chi connectivity index (χ1) is 12.0. The van der Waals surface area contributed by atoms with Gasteiger partial charge in [0.2, 0.25) is 5.91 Å². The number of likely N-dealkylation sites (tertiary alicyclic amines) is 1. The number of piperidine rings is 1. The molecule has 25 heavy (non-hydrogen) atoms. The average molecular weight is 355 g/mol. The first-order valence-electron chi connectivity index (χ1n) is 8.33. The summed E-state index contributed by atoms with van der Waals surface area (Å²) in [5.74, 6) is -0.977. The Kier molecular flexibility index (Phi) is 7.12. The molecular formula is C17H23F2N3O3. The average Bonchev–Trinajstić information content (AvgIpc) is 2.61. The maximum Gasteiger partial charge on any atom is 0.387 e. The van der Waals surface area contributed by atoms with Crippen molar-refractivity contribution in [3.63, 3.8) is 0 Å². The van der Waals surface area contributed by atoms with Crippen LogP contribution in [0.25, 0.3) is 0 Å². The molecule has 3 N–H and O–H groups in total. The largest absolute Gasteiger partial charge is 0.434 e. The van der Waals surface area contributed by atoms with Crippen LogP contribution in [0.15, 0.2) is 24.3 Å². The molecular weight excluding hydrogens is 332 g/mol. The Labute approximate surface area is 145 Å². The monoisotopic (exact) mass is 355 g/mol. The van der Waals surface area contributed by atoms with Gasteiger partial charge in [0.25, 0.3) is 5.91 Å². The predicted molar refractivity (Wildman–Crippen MR) is 88.4 cm³/mol. The normalized spacial score (nSPS) is 17.4. The SMILES string of the molecule is NCCCNC(=O)C1CCCN(C(=O)c2ccccc2OC(F)F)C1. The molecule has 0 saturated carbocycles. The Morgan fingerprint density at radius 3 is 2.84 bits per heavy atom. The highest BCUT2D eigenvalue weighted by molar-refractivity contribution is 5.97. The first-order valence-corrected chi connectivity index (χ1v) is 8.33. The molecule has 1 aromatic carbocycles. The summed E-state index contributed by atoms with van der Waals surface area (Å²) < 4.78 is 29.5. The van der Waals surface area contributed by atoms with Gasteiger partial charge in [-0.15, -0.1) is 0 Å². The number of hydrogen-bond acceptors (Lipinski definition) is 4. The summed E-state index contributed by atoms with van der Waals surface area (Å²) in [7, 11) is 0. The highest BCUT2D eigenvalue weighted by Gasteiger charge is 2.30. The predicted octanol–water partition coefficient (Wildman–Crippen LogP) is 1.61. The Morgan fingerprint density at radius 2 is 2.12 bits per heavy atom. The van der Waals surface area contributed by atoms with Crippen LogP contribution >= 0.6 is 0 Å².